The van der Waals surface area contributed by atoms with Crippen molar-refractivity contribution in [1.29, 1.82) is 0 Å². The van der Waals surface area contributed by atoms with E-state index in [2.05, 4.69) is 15.4 Å². The maximum absolute atomic E-state index is 13.0. The van der Waals surface area contributed by atoms with E-state index in [9.17, 15) is 9.59 Å². The van der Waals surface area contributed by atoms with Crippen molar-refractivity contribution < 1.29 is 9.59 Å². The highest BCUT2D eigenvalue weighted by atomic mass is 16.2. The van der Waals surface area contributed by atoms with Crippen molar-refractivity contribution in [3.8, 4) is 16.9 Å². The van der Waals surface area contributed by atoms with E-state index in [1.807, 2.05) is 70.2 Å². The minimum Gasteiger partial charge on any atom is -0.349 e. The molecule has 0 radical (unpaired) electrons. The molecule has 170 valence electrons. The van der Waals surface area contributed by atoms with Crippen LogP contribution in [0.1, 0.15) is 33.6 Å². The van der Waals surface area contributed by atoms with E-state index in [1.165, 1.54) is 0 Å². The number of nitrogens with zero attached hydrogens (tertiary/aromatic N) is 4. The number of carbonyl (C=O) groups excluding carboxylic acids is 2. The van der Waals surface area contributed by atoms with Crippen molar-refractivity contribution in [2.45, 2.75) is 18.9 Å². The van der Waals surface area contributed by atoms with Crippen LogP contribution in [-0.4, -0.2) is 50.6 Å². The SMILES string of the molecule is O=C(NC1CCN(C(=O)c2ccncc2)CC1)c1cccc(-n2nccc2-c2ccccc2)c1. The number of carbonyl (C=O) groups is 2. The summed E-state index contributed by atoms with van der Waals surface area (Å²) in [4.78, 5) is 31.4. The molecule has 0 spiro atoms. The highest BCUT2D eigenvalue weighted by Crippen LogP contribution is 2.23. The summed E-state index contributed by atoms with van der Waals surface area (Å²) in [5.41, 5.74) is 4.08. The van der Waals surface area contributed by atoms with Gasteiger partial charge in [-0.1, -0.05) is 36.4 Å². The number of piperidine rings is 1. The Morgan fingerprint density at radius 3 is 2.35 bits per heavy atom. The zero-order valence-corrected chi connectivity index (χ0v) is 18.7. The van der Waals surface area contributed by atoms with Crippen LogP contribution in [-0.2, 0) is 0 Å². The second-order valence-corrected chi connectivity index (χ2v) is 8.32. The Morgan fingerprint density at radius 1 is 0.824 bits per heavy atom. The van der Waals surface area contributed by atoms with Gasteiger partial charge in [-0.2, -0.15) is 5.10 Å². The van der Waals surface area contributed by atoms with Crippen LogP contribution < -0.4 is 5.32 Å². The first-order chi connectivity index (χ1) is 16.7. The molecule has 2 aromatic heterocycles. The van der Waals surface area contributed by atoms with E-state index < -0.39 is 0 Å². The van der Waals surface area contributed by atoms with Crippen LogP contribution in [0.15, 0.2) is 91.4 Å². The molecule has 0 atom stereocenters. The fourth-order valence-corrected chi connectivity index (χ4v) is 4.29. The van der Waals surface area contributed by atoms with E-state index in [-0.39, 0.29) is 17.9 Å². The van der Waals surface area contributed by atoms with Crippen molar-refractivity contribution in [1.82, 2.24) is 25.0 Å². The summed E-state index contributed by atoms with van der Waals surface area (Å²) in [5, 5.41) is 7.61. The highest BCUT2D eigenvalue weighted by Gasteiger charge is 2.25. The zero-order chi connectivity index (χ0) is 23.3. The predicted molar refractivity (Wildman–Crippen MR) is 130 cm³/mol. The molecule has 5 rings (SSSR count). The molecule has 34 heavy (non-hydrogen) atoms. The van der Waals surface area contributed by atoms with Crippen LogP contribution >= 0.6 is 0 Å². The average molecular weight is 452 g/mol. The molecule has 2 amide bonds. The smallest absolute Gasteiger partial charge is 0.253 e. The van der Waals surface area contributed by atoms with E-state index in [0.717, 1.165) is 29.8 Å². The van der Waals surface area contributed by atoms with Gasteiger partial charge in [0.1, 0.15) is 0 Å². The second-order valence-electron chi connectivity index (χ2n) is 8.32. The molecule has 7 nitrogen and oxygen atoms in total. The summed E-state index contributed by atoms with van der Waals surface area (Å²) in [7, 11) is 0. The van der Waals surface area contributed by atoms with Gasteiger partial charge < -0.3 is 10.2 Å². The second kappa shape index (κ2) is 9.70. The summed E-state index contributed by atoms with van der Waals surface area (Å²) in [6, 6.07) is 23.0. The van der Waals surface area contributed by atoms with Crippen LogP contribution in [0, 0.1) is 0 Å². The van der Waals surface area contributed by atoms with E-state index >= 15 is 0 Å². The van der Waals surface area contributed by atoms with Gasteiger partial charge in [0.2, 0.25) is 0 Å². The minimum absolute atomic E-state index is 0.00770. The van der Waals surface area contributed by atoms with E-state index in [1.54, 1.807) is 30.7 Å². The van der Waals surface area contributed by atoms with Gasteiger partial charge in [0, 0.05) is 48.2 Å². The van der Waals surface area contributed by atoms with Gasteiger partial charge in [0.05, 0.1) is 17.6 Å². The van der Waals surface area contributed by atoms with Crippen LogP contribution in [0.5, 0.6) is 0 Å². The van der Waals surface area contributed by atoms with E-state index in [0.29, 0.717) is 24.2 Å². The van der Waals surface area contributed by atoms with Crippen molar-refractivity contribution in [3.05, 3.63) is 103 Å². The number of nitrogens with one attached hydrogen (secondary N) is 1. The summed E-state index contributed by atoms with van der Waals surface area (Å²) in [6.07, 6.45) is 6.45. The molecule has 1 aliphatic rings. The molecule has 7 heteroatoms. The predicted octanol–water partition coefficient (Wildman–Crippen LogP) is 3.97. The van der Waals surface area contributed by atoms with Crippen LogP contribution in [0.25, 0.3) is 16.9 Å². The molecule has 2 aromatic carbocycles. The third kappa shape index (κ3) is 4.59. The van der Waals surface area contributed by atoms with Crippen LogP contribution in [0.3, 0.4) is 0 Å². The molecule has 1 N–H and O–H groups in total. The summed E-state index contributed by atoms with van der Waals surface area (Å²) in [6.45, 7) is 1.22. The number of likely N-dealkylation sites (tertiary alicyclic amines) is 1. The highest BCUT2D eigenvalue weighted by molar-refractivity contribution is 5.95. The first-order valence-electron chi connectivity index (χ1n) is 11.4. The number of aromatic nitrogens is 3. The standard InChI is InChI=1S/C27H25N5O2/c33-26(30-23-12-17-31(18-13-23)27(34)21-9-14-28-15-10-21)22-7-4-8-24(19-22)32-25(11-16-29-32)20-5-2-1-3-6-20/h1-11,14-16,19,23H,12-13,17-18H2,(H,30,33). The maximum atomic E-state index is 13.0. The Balaban J connectivity index is 1.24. The van der Waals surface area contributed by atoms with Gasteiger partial charge >= 0.3 is 0 Å². The minimum atomic E-state index is -0.117. The third-order valence-corrected chi connectivity index (χ3v) is 6.11. The van der Waals surface area contributed by atoms with Crippen molar-refractivity contribution in [2.75, 3.05) is 13.1 Å². The van der Waals surface area contributed by atoms with Gasteiger partial charge in [-0.15, -0.1) is 0 Å². The lowest BCUT2D eigenvalue weighted by Gasteiger charge is -2.32. The largest absolute Gasteiger partial charge is 0.349 e. The zero-order valence-electron chi connectivity index (χ0n) is 18.7. The molecule has 1 aliphatic heterocycles. The van der Waals surface area contributed by atoms with Crippen LogP contribution in [0.4, 0.5) is 0 Å². The lowest BCUT2D eigenvalue weighted by atomic mass is 10.0. The Hall–Kier alpha value is -4.26. The summed E-state index contributed by atoms with van der Waals surface area (Å²) < 4.78 is 1.84. The monoisotopic (exact) mass is 451 g/mol. The lowest BCUT2D eigenvalue weighted by molar-refractivity contribution is 0.0698. The lowest BCUT2D eigenvalue weighted by Crippen LogP contribution is -2.46. The Bertz CT molecular complexity index is 1280. The quantitative estimate of drug-likeness (QED) is 0.498. The number of hydrogen-bond acceptors (Lipinski definition) is 4. The molecule has 4 aromatic rings. The molecule has 1 saturated heterocycles. The molecular weight excluding hydrogens is 426 g/mol. The van der Waals surface area contributed by atoms with Gasteiger partial charge in [0.25, 0.3) is 11.8 Å². The first kappa shape index (κ1) is 21.6. The summed E-state index contributed by atoms with van der Waals surface area (Å²) in [5.74, 6) is -0.109. The topological polar surface area (TPSA) is 80.1 Å². The Kier molecular flexibility index (Phi) is 6.16. The molecule has 1 fully saturated rings. The molecule has 0 saturated carbocycles. The van der Waals surface area contributed by atoms with Gasteiger partial charge in [-0.05, 0) is 49.2 Å². The maximum Gasteiger partial charge on any atom is 0.253 e. The van der Waals surface area contributed by atoms with Crippen LogP contribution in [0.2, 0.25) is 0 Å². The number of rotatable bonds is 5. The first-order valence-corrected chi connectivity index (χ1v) is 11.4. The molecule has 3 heterocycles. The molecule has 0 bridgehead atoms. The van der Waals surface area contributed by atoms with Gasteiger partial charge in [-0.25, -0.2) is 4.68 Å². The third-order valence-electron chi connectivity index (χ3n) is 6.11. The fraction of sp³-hybridized carbons (Fsp3) is 0.185. The fourth-order valence-electron chi connectivity index (χ4n) is 4.29. The number of benzene rings is 2. The molecule has 0 aliphatic carbocycles. The van der Waals surface area contributed by atoms with Crippen molar-refractivity contribution in [2.24, 2.45) is 0 Å². The van der Waals surface area contributed by atoms with Gasteiger partial charge in [-0.3, -0.25) is 14.6 Å². The number of pyridine rings is 1. The Labute approximate surface area is 198 Å². The number of amides is 2. The average Bonchev–Trinajstić information content (AvgIpc) is 3.40. The molecular formula is C27H25N5O2. The van der Waals surface area contributed by atoms with E-state index in [4.69, 9.17) is 0 Å². The van der Waals surface area contributed by atoms with Crippen molar-refractivity contribution in [3.63, 3.8) is 0 Å². The van der Waals surface area contributed by atoms with Crippen molar-refractivity contribution >= 4 is 11.8 Å². The normalized spacial score (nSPS) is 14.1. The van der Waals surface area contributed by atoms with Gasteiger partial charge in [0.15, 0.2) is 0 Å². The molecule has 0 unspecified atom stereocenters. The number of hydrogen-bond donors (Lipinski definition) is 1. The Morgan fingerprint density at radius 2 is 1.59 bits per heavy atom. The summed E-state index contributed by atoms with van der Waals surface area (Å²) >= 11 is 0.